The summed E-state index contributed by atoms with van der Waals surface area (Å²) in [4.78, 5) is 15.9. The molecule has 1 aliphatic heterocycles. The van der Waals surface area contributed by atoms with Crippen LogP contribution in [0.25, 0.3) is 0 Å². The molecular weight excluding hydrogens is 198 g/mol. The van der Waals surface area contributed by atoms with Gasteiger partial charge in [0.05, 0.1) is 11.0 Å². The highest BCUT2D eigenvalue weighted by atomic mass is 32.1. The Hall–Kier alpha value is -0.680. The number of carbonyl (C=O) groups is 1. The fourth-order valence-corrected chi connectivity index (χ4v) is 1.95. The standard InChI is InChI=1S/C9H17N3OS/c1-3-12(6-8(10)14)7-4-5-11(2)9(7)13/h7H,3-6H2,1-2H3,(H2,10,14). The molecule has 0 aromatic rings. The van der Waals surface area contributed by atoms with Crippen LogP contribution in [0.1, 0.15) is 13.3 Å². The molecule has 5 heteroatoms. The first-order chi connectivity index (χ1) is 6.56. The van der Waals surface area contributed by atoms with Crippen molar-refractivity contribution in [1.29, 1.82) is 0 Å². The van der Waals surface area contributed by atoms with Gasteiger partial charge in [-0.2, -0.15) is 0 Å². The van der Waals surface area contributed by atoms with Crippen LogP contribution < -0.4 is 5.73 Å². The largest absolute Gasteiger partial charge is 0.392 e. The number of hydrogen-bond acceptors (Lipinski definition) is 3. The minimum absolute atomic E-state index is 0.0218. The zero-order chi connectivity index (χ0) is 10.7. The lowest BCUT2D eigenvalue weighted by Crippen LogP contribution is -2.44. The Balaban J connectivity index is 2.61. The van der Waals surface area contributed by atoms with Crippen LogP contribution in [0.2, 0.25) is 0 Å². The van der Waals surface area contributed by atoms with Crippen LogP contribution in [0.15, 0.2) is 0 Å². The number of nitrogens with zero attached hydrogens (tertiary/aromatic N) is 2. The summed E-state index contributed by atoms with van der Waals surface area (Å²) in [5, 5.41) is 0. The molecule has 0 radical (unpaired) electrons. The predicted octanol–water partition coefficient (Wildman–Crippen LogP) is -0.175. The molecule has 1 rings (SSSR count). The molecule has 0 aromatic heterocycles. The first-order valence-corrected chi connectivity index (χ1v) is 5.24. The highest BCUT2D eigenvalue weighted by Crippen LogP contribution is 2.15. The molecule has 1 aliphatic rings. The quantitative estimate of drug-likeness (QED) is 0.661. The second kappa shape index (κ2) is 4.70. The molecule has 0 saturated carbocycles. The molecule has 0 spiro atoms. The monoisotopic (exact) mass is 215 g/mol. The molecule has 2 N–H and O–H groups in total. The molecule has 1 unspecified atom stereocenters. The Morgan fingerprint density at radius 3 is 2.79 bits per heavy atom. The van der Waals surface area contributed by atoms with Gasteiger partial charge in [-0.25, -0.2) is 0 Å². The van der Waals surface area contributed by atoms with E-state index in [2.05, 4.69) is 0 Å². The number of likely N-dealkylation sites (tertiary alicyclic amines) is 1. The maximum absolute atomic E-state index is 11.7. The maximum Gasteiger partial charge on any atom is 0.239 e. The predicted molar refractivity (Wildman–Crippen MR) is 60.1 cm³/mol. The molecule has 0 bridgehead atoms. The average molecular weight is 215 g/mol. The van der Waals surface area contributed by atoms with Crippen LogP contribution in [0.3, 0.4) is 0 Å². The summed E-state index contributed by atoms with van der Waals surface area (Å²) < 4.78 is 0. The van der Waals surface area contributed by atoms with Crippen molar-refractivity contribution in [3.63, 3.8) is 0 Å². The van der Waals surface area contributed by atoms with Gasteiger partial charge in [0.2, 0.25) is 5.91 Å². The lowest BCUT2D eigenvalue weighted by Gasteiger charge is -2.25. The minimum Gasteiger partial charge on any atom is -0.392 e. The number of carbonyl (C=O) groups excluding carboxylic acids is 1. The Morgan fingerprint density at radius 1 is 1.79 bits per heavy atom. The molecule has 1 fully saturated rings. The van der Waals surface area contributed by atoms with E-state index in [1.165, 1.54) is 0 Å². The summed E-state index contributed by atoms with van der Waals surface area (Å²) in [6.45, 7) is 4.19. The number of nitrogens with two attached hydrogens (primary N) is 1. The molecule has 80 valence electrons. The van der Waals surface area contributed by atoms with E-state index >= 15 is 0 Å². The minimum atomic E-state index is -0.0218. The maximum atomic E-state index is 11.7. The van der Waals surface area contributed by atoms with Gasteiger partial charge in [-0.3, -0.25) is 9.69 Å². The Kier molecular flexibility index (Phi) is 3.83. The zero-order valence-corrected chi connectivity index (χ0v) is 9.51. The number of rotatable bonds is 4. The van der Waals surface area contributed by atoms with Crippen molar-refractivity contribution in [1.82, 2.24) is 9.80 Å². The van der Waals surface area contributed by atoms with E-state index in [1.54, 1.807) is 4.90 Å². The number of likely N-dealkylation sites (N-methyl/N-ethyl adjacent to an activating group) is 2. The van der Waals surface area contributed by atoms with Crippen molar-refractivity contribution in [2.45, 2.75) is 19.4 Å². The van der Waals surface area contributed by atoms with Gasteiger partial charge in [-0.05, 0) is 13.0 Å². The summed E-state index contributed by atoms with van der Waals surface area (Å²) in [6, 6.07) is -0.0218. The third kappa shape index (κ3) is 2.42. The molecular formula is C9H17N3OS. The molecule has 14 heavy (non-hydrogen) atoms. The highest BCUT2D eigenvalue weighted by Gasteiger charge is 2.33. The molecule has 1 heterocycles. The van der Waals surface area contributed by atoms with Gasteiger partial charge in [0, 0.05) is 20.1 Å². The molecule has 0 aliphatic carbocycles. The topological polar surface area (TPSA) is 49.6 Å². The highest BCUT2D eigenvalue weighted by molar-refractivity contribution is 7.80. The summed E-state index contributed by atoms with van der Waals surface area (Å²) >= 11 is 4.85. The van der Waals surface area contributed by atoms with Crippen LogP contribution in [0.4, 0.5) is 0 Å². The Labute approximate surface area is 90.0 Å². The SMILES string of the molecule is CCN(CC(N)=S)C1CCN(C)C1=O. The zero-order valence-electron chi connectivity index (χ0n) is 8.69. The van der Waals surface area contributed by atoms with Crippen molar-refractivity contribution in [3.8, 4) is 0 Å². The molecule has 1 saturated heterocycles. The number of hydrogen-bond donors (Lipinski definition) is 1. The van der Waals surface area contributed by atoms with Crippen LogP contribution in [0.5, 0.6) is 0 Å². The number of amides is 1. The third-order valence-electron chi connectivity index (χ3n) is 2.61. The number of thiocarbonyl (C=S) groups is 1. The van der Waals surface area contributed by atoms with Crippen molar-refractivity contribution in [2.75, 3.05) is 26.7 Å². The van der Waals surface area contributed by atoms with Crippen LogP contribution in [-0.4, -0.2) is 53.4 Å². The lowest BCUT2D eigenvalue weighted by atomic mass is 10.2. The fourth-order valence-electron chi connectivity index (χ4n) is 1.79. The van der Waals surface area contributed by atoms with Gasteiger partial charge < -0.3 is 10.6 Å². The second-order valence-electron chi connectivity index (χ2n) is 3.59. The summed E-state index contributed by atoms with van der Waals surface area (Å²) in [7, 11) is 1.83. The second-order valence-corrected chi connectivity index (χ2v) is 4.12. The van der Waals surface area contributed by atoms with E-state index in [0.29, 0.717) is 11.5 Å². The van der Waals surface area contributed by atoms with Gasteiger partial charge in [0.25, 0.3) is 0 Å². The van der Waals surface area contributed by atoms with Gasteiger partial charge >= 0.3 is 0 Å². The summed E-state index contributed by atoms with van der Waals surface area (Å²) in [5.74, 6) is 0.183. The van der Waals surface area contributed by atoms with E-state index in [9.17, 15) is 4.79 Å². The lowest BCUT2D eigenvalue weighted by molar-refractivity contribution is -0.130. The Bertz CT molecular complexity index is 244. The third-order valence-corrected chi connectivity index (χ3v) is 2.73. The normalized spacial score (nSPS) is 22.1. The Morgan fingerprint density at radius 2 is 2.43 bits per heavy atom. The first kappa shape index (κ1) is 11.4. The van der Waals surface area contributed by atoms with Gasteiger partial charge in [0.15, 0.2) is 0 Å². The van der Waals surface area contributed by atoms with Gasteiger partial charge in [-0.1, -0.05) is 19.1 Å². The van der Waals surface area contributed by atoms with Crippen molar-refractivity contribution in [3.05, 3.63) is 0 Å². The van der Waals surface area contributed by atoms with Crippen LogP contribution in [0, 0.1) is 0 Å². The average Bonchev–Trinajstić information content (AvgIpc) is 2.44. The summed E-state index contributed by atoms with van der Waals surface area (Å²) in [5.41, 5.74) is 5.48. The van der Waals surface area contributed by atoms with Crippen molar-refractivity contribution >= 4 is 23.1 Å². The molecule has 1 atom stereocenters. The first-order valence-electron chi connectivity index (χ1n) is 4.83. The van der Waals surface area contributed by atoms with Crippen LogP contribution >= 0.6 is 12.2 Å². The van der Waals surface area contributed by atoms with E-state index < -0.39 is 0 Å². The fraction of sp³-hybridized carbons (Fsp3) is 0.778. The molecule has 0 aromatic carbocycles. The molecule has 1 amide bonds. The van der Waals surface area contributed by atoms with E-state index in [4.69, 9.17) is 18.0 Å². The molecule has 4 nitrogen and oxygen atoms in total. The van der Waals surface area contributed by atoms with E-state index in [-0.39, 0.29) is 11.9 Å². The van der Waals surface area contributed by atoms with Crippen molar-refractivity contribution in [2.24, 2.45) is 5.73 Å². The summed E-state index contributed by atoms with van der Waals surface area (Å²) in [6.07, 6.45) is 0.881. The van der Waals surface area contributed by atoms with E-state index in [0.717, 1.165) is 19.5 Å². The van der Waals surface area contributed by atoms with Gasteiger partial charge in [0.1, 0.15) is 0 Å². The van der Waals surface area contributed by atoms with Gasteiger partial charge in [-0.15, -0.1) is 0 Å². The smallest absolute Gasteiger partial charge is 0.239 e. The van der Waals surface area contributed by atoms with E-state index in [1.807, 2.05) is 18.9 Å². The van der Waals surface area contributed by atoms with Crippen LogP contribution in [-0.2, 0) is 4.79 Å². The van der Waals surface area contributed by atoms with Crippen molar-refractivity contribution < 1.29 is 4.79 Å².